The van der Waals surface area contributed by atoms with Gasteiger partial charge < -0.3 is 14.8 Å². The van der Waals surface area contributed by atoms with Crippen LogP contribution >= 0.6 is 27.7 Å². The molecular weight excluding hydrogens is 575 g/mol. The third-order valence-corrected chi connectivity index (χ3v) is 7.04. The summed E-state index contributed by atoms with van der Waals surface area (Å²) >= 11 is 4.25. The van der Waals surface area contributed by atoms with Crippen molar-refractivity contribution in [2.75, 3.05) is 18.5 Å². The minimum atomic E-state index is -0.617. The molecule has 3 aromatic carbocycles. The van der Waals surface area contributed by atoms with Gasteiger partial charge in [0.05, 0.1) is 11.5 Å². The SMILES string of the molecule is CCOc1cc(/C=C2/SC(=O)N(CC(=O)Nc3cccc(F)c3)C2=O)c(Br)cc1OCc1ccc(C)cc1. The molecule has 1 fully saturated rings. The van der Waals surface area contributed by atoms with Crippen molar-refractivity contribution in [1.29, 1.82) is 0 Å². The number of halogens is 2. The van der Waals surface area contributed by atoms with Gasteiger partial charge in [-0.25, -0.2) is 4.39 Å². The number of thioether (sulfide) groups is 1. The molecule has 1 aliphatic heterocycles. The van der Waals surface area contributed by atoms with Gasteiger partial charge in [-0.1, -0.05) is 51.8 Å². The lowest BCUT2D eigenvalue weighted by molar-refractivity contribution is -0.127. The number of hydrogen-bond acceptors (Lipinski definition) is 6. The molecule has 4 rings (SSSR count). The molecule has 3 amide bonds. The molecule has 0 unspecified atom stereocenters. The van der Waals surface area contributed by atoms with Crippen LogP contribution in [0.1, 0.15) is 23.6 Å². The molecule has 1 saturated heterocycles. The van der Waals surface area contributed by atoms with E-state index in [0.717, 1.165) is 33.9 Å². The number of hydrogen-bond donors (Lipinski definition) is 1. The fraction of sp³-hybridized carbons (Fsp3) is 0.179. The molecule has 7 nitrogen and oxygen atoms in total. The summed E-state index contributed by atoms with van der Waals surface area (Å²) < 4.78 is 25.8. The zero-order chi connectivity index (χ0) is 27.2. The first kappa shape index (κ1) is 27.4. The minimum Gasteiger partial charge on any atom is -0.490 e. The van der Waals surface area contributed by atoms with Gasteiger partial charge in [-0.3, -0.25) is 19.3 Å². The molecule has 0 spiro atoms. The average molecular weight is 599 g/mol. The number of anilines is 1. The maximum Gasteiger partial charge on any atom is 0.294 e. The molecule has 0 aromatic heterocycles. The highest BCUT2D eigenvalue weighted by molar-refractivity contribution is 9.10. The van der Waals surface area contributed by atoms with Crippen molar-refractivity contribution in [3.05, 3.63) is 92.5 Å². The summed E-state index contributed by atoms with van der Waals surface area (Å²) in [5, 5.41) is 1.91. The maximum atomic E-state index is 13.4. The van der Waals surface area contributed by atoms with E-state index in [1.54, 1.807) is 18.2 Å². The summed E-state index contributed by atoms with van der Waals surface area (Å²) in [6, 6.07) is 16.8. The summed E-state index contributed by atoms with van der Waals surface area (Å²) in [7, 11) is 0. The van der Waals surface area contributed by atoms with Crippen LogP contribution in [0, 0.1) is 12.7 Å². The third-order valence-electron chi connectivity index (χ3n) is 5.45. The number of benzene rings is 3. The lowest BCUT2D eigenvalue weighted by Crippen LogP contribution is -2.36. The second-order valence-corrected chi connectivity index (χ2v) is 10.2. The normalized spacial score (nSPS) is 14.2. The third kappa shape index (κ3) is 6.81. The predicted molar refractivity (Wildman–Crippen MR) is 149 cm³/mol. The number of imide groups is 1. The lowest BCUT2D eigenvalue weighted by atomic mass is 10.1. The summed E-state index contributed by atoms with van der Waals surface area (Å²) in [4.78, 5) is 38.8. The highest BCUT2D eigenvalue weighted by Crippen LogP contribution is 2.38. The zero-order valence-electron chi connectivity index (χ0n) is 20.6. The van der Waals surface area contributed by atoms with Gasteiger partial charge in [0.2, 0.25) is 5.91 Å². The van der Waals surface area contributed by atoms with Gasteiger partial charge in [-0.2, -0.15) is 0 Å². The van der Waals surface area contributed by atoms with E-state index < -0.39 is 29.4 Å². The van der Waals surface area contributed by atoms with Gasteiger partial charge in [0.1, 0.15) is 19.0 Å². The fourth-order valence-corrected chi connectivity index (χ4v) is 4.84. The summed E-state index contributed by atoms with van der Waals surface area (Å²) in [5.41, 5.74) is 3.00. The van der Waals surface area contributed by atoms with Crippen LogP contribution in [0.5, 0.6) is 11.5 Å². The molecule has 0 bridgehead atoms. The Morgan fingerprint density at radius 2 is 1.82 bits per heavy atom. The van der Waals surface area contributed by atoms with Crippen molar-refractivity contribution in [2.45, 2.75) is 20.5 Å². The van der Waals surface area contributed by atoms with E-state index in [0.29, 0.717) is 34.7 Å². The minimum absolute atomic E-state index is 0.157. The smallest absolute Gasteiger partial charge is 0.294 e. The van der Waals surface area contributed by atoms with Crippen molar-refractivity contribution < 1.29 is 28.2 Å². The van der Waals surface area contributed by atoms with E-state index in [9.17, 15) is 18.8 Å². The molecule has 3 aromatic rings. The molecule has 38 heavy (non-hydrogen) atoms. The standard InChI is InChI=1S/C28H24BrFN2O5S/c1-3-36-23-11-19(22(29)14-24(23)37-16-18-9-7-17(2)8-10-18)12-25-27(34)32(28(35)38-25)15-26(33)31-21-6-4-5-20(30)13-21/h4-14H,3,15-16H2,1-2H3,(H,31,33)/b25-12+. The Morgan fingerprint density at radius 1 is 1.08 bits per heavy atom. The number of nitrogens with one attached hydrogen (secondary N) is 1. The first-order valence-corrected chi connectivity index (χ1v) is 13.3. The number of rotatable bonds is 9. The van der Waals surface area contributed by atoms with Crippen LogP contribution in [0.4, 0.5) is 14.9 Å². The van der Waals surface area contributed by atoms with E-state index >= 15 is 0 Å². The maximum absolute atomic E-state index is 13.4. The number of aryl methyl sites for hydroxylation is 1. The van der Waals surface area contributed by atoms with Gasteiger partial charge >= 0.3 is 0 Å². The summed E-state index contributed by atoms with van der Waals surface area (Å²) in [5.74, 6) is -0.713. The first-order chi connectivity index (χ1) is 18.2. The Bertz CT molecular complexity index is 1410. The summed E-state index contributed by atoms with van der Waals surface area (Å²) in [6.07, 6.45) is 1.56. The molecule has 1 N–H and O–H groups in total. The number of carbonyl (C=O) groups is 3. The highest BCUT2D eigenvalue weighted by Gasteiger charge is 2.36. The van der Waals surface area contributed by atoms with Gasteiger partial charge in [0, 0.05) is 10.2 Å². The Balaban J connectivity index is 1.49. The molecule has 10 heteroatoms. The molecular formula is C28H24BrFN2O5S. The zero-order valence-corrected chi connectivity index (χ0v) is 23.0. The van der Waals surface area contributed by atoms with Crippen LogP contribution in [0.25, 0.3) is 6.08 Å². The van der Waals surface area contributed by atoms with Crippen molar-refractivity contribution in [2.24, 2.45) is 0 Å². The number of nitrogens with zero attached hydrogens (tertiary/aromatic N) is 1. The van der Waals surface area contributed by atoms with Crippen molar-refractivity contribution >= 4 is 56.5 Å². The number of carbonyl (C=O) groups excluding carboxylic acids is 3. The van der Waals surface area contributed by atoms with E-state index in [2.05, 4.69) is 21.2 Å². The predicted octanol–water partition coefficient (Wildman–Crippen LogP) is 6.55. The van der Waals surface area contributed by atoms with E-state index in [-0.39, 0.29) is 10.6 Å². The second-order valence-electron chi connectivity index (χ2n) is 8.35. The van der Waals surface area contributed by atoms with Crippen LogP contribution in [-0.2, 0) is 16.2 Å². The molecule has 0 aliphatic carbocycles. The summed E-state index contributed by atoms with van der Waals surface area (Å²) in [6.45, 7) is 4.13. The van der Waals surface area contributed by atoms with E-state index in [1.165, 1.54) is 18.2 Å². The number of ether oxygens (including phenoxy) is 2. The molecule has 0 atom stereocenters. The van der Waals surface area contributed by atoms with Gasteiger partial charge in [0.25, 0.3) is 11.1 Å². The second kappa shape index (κ2) is 12.3. The van der Waals surface area contributed by atoms with Crippen molar-refractivity contribution in [3.63, 3.8) is 0 Å². The van der Waals surface area contributed by atoms with Crippen LogP contribution in [-0.4, -0.2) is 35.1 Å². The van der Waals surface area contributed by atoms with E-state index in [1.807, 2.05) is 38.1 Å². The van der Waals surface area contributed by atoms with Crippen molar-refractivity contribution in [3.8, 4) is 11.5 Å². The quantitative estimate of drug-likeness (QED) is 0.281. The Hall–Kier alpha value is -3.63. The molecule has 1 aliphatic rings. The average Bonchev–Trinajstić information content (AvgIpc) is 3.13. The molecule has 196 valence electrons. The lowest BCUT2D eigenvalue weighted by Gasteiger charge is -2.14. The monoisotopic (exact) mass is 598 g/mol. The van der Waals surface area contributed by atoms with Gasteiger partial charge in [0.15, 0.2) is 11.5 Å². The first-order valence-electron chi connectivity index (χ1n) is 11.7. The Labute approximate surface area is 232 Å². The van der Waals surface area contributed by atoms with Gasteiger partial charge in [-0.05, 0) is 73.1 Å². The largest absolute Gasteiger partial charge is 0.490 e. The van der Waals surface area contributed by atoms with Gasteiger partial charge in [-0.15, -0.1) is 0 Å². The van der Waals surface area contributed by atoms with E-state index in [4.69, 9.17) is 9.47 Å². The van der Waals surface area contributed by atoms with Crippen molar-refractivity contribution in [1.82, 2.24) is 4.90 Å². The van der Waals surface area contributed by atoms with Crippen LogP contribution in [0.3, 0.4) is 0 Å². The number of amides is 3. The Morgan fingerprint density at radius 3 is 2.53 bits per heavy atom. The topological polar surface area (TPSA) is 84.9 Å². The van der Waals surface area contributed by atoms with Crippen LogP contribution in [0.15, 0.2) is 70.0 Å². The highest BCUT2D eigenvalue weighted by atomic mass is 79.9. The Kier molecular flexibility index (Phi) is 8.85. The molecule has 0 saturated carbocycles. The molecule has 0 radical (unpaired) electrons. The molecule has 1 heterocycles. The van der Waals surface area contributed by atoms with Crippen LogP contribution in [0.2, 0.25) is 0 Å². The van der Waals surface area contributed by atoms with Crippen LogP contribution < -0.4 is 14.8 Å². The fourth-order valence-electron chi connectivity index (χ4n) is 3.58.